The third kappa shape index (κ3) is 1.88. The molecule has 2 heterocycles. The Kier molecular flexibility index (Phi) is 2.95. The summed E-state index contributed by atoms with van der Waals surface area (Å²) in [4.78, 5) is 16.7. The topological polar surface area (TPSA) is 34.9 Å². The first-order chi connectivity index (χ1) is 9.22. The van der Waals surface area contributed by atoms with Gasteiger partial charge < -0.3 is 0 Å². The third-order valence-electron chi connectivity index (χ3n) is 3.32. The molecule has 0 amide bonds. The van der Waals surface area contributed by atoms with Crippen molar-refractivity contribution in [1.82, 2.24) is 9.55 Å². The van der Waals surface area contributed by atoms with Crippen molar-refractivity contribution in [1.29, 1.82) is 0 Å². The van der Waals surface area contributed by atoms with Crippen LogP contribution in [0.1, 0.15) is 12.5 Å². The summed E-state index contributed by atoms with van der Waals surface area (Å²) in [6.45, 7) is 4.68. The van der Waals surface area contributed by atoms with Crippen molar-refractivity contribution in [3.05, 3.63) is 51.9 Å². The molecule has 0 bridgehead atoms. The fourth-order valence-corrected chi connectivity index (χ4v) is 3.20. The Hall–Kier alpha value is -1.94. The largest absolute Gasteiger partial charge is 0.298 e. The number of benzene rings is 1. The second-order valence-electron chi connectivity index (χ2n) is 4.48. The SMILES string of the molecule is CCn1cnc2c(-c3ccccc3C)csc2c1=O. The van der Waals surface area contributed by atoms with Gasteiger partial charge in [0.15, 0.2) is 0 Å². The van der Waals surface area contributed by atoms with Gasteiger partial charge >= 0.3 is 0 Å². The van der Waals surface area contributed by atoms with Gasteiger partial charge in [0.25, 0.3) is 5.56 Å². The molecule has 96 valence electrons. The van der Waals surface area contributed by atoms with E-state index in [2.05, 4.69) is 24.0 Å². The minimum Gasteiger partial charge on any atom is -0.298 e. The maximum absolute atomic E-state index is 12.2. The highest BCUT2D eigenvalue weighted by molar-refractivity contribution is 7.17. The molecule has 0 atom stereocenters. The lowest BCUT2D eigenvalue weighted by Gasteiger charge is -2.04. The summed E-state index contributed by atoms with van der Waals surface area (Å²) in [5.41, 5.74) is 4.27. The molecule has 0 radical (unpaired) electrons. The predicted molar refractivity (Wildman–Crippen MR) is 79.7 cm³/mol. The van der Waals surface area contributed by atoms with Gasteiger partial charge in [-0.25, -0.2) is 4.98 Å². The summed E-state index contributed by atoms with van der Waals surface area (Å²) in [7, 11) is 0. The molecule has 1 aromatic carbocycles. The van der Waals surface area contributed by atoms with Crippen molar-refractivity contribution in [3.63, 3.8) is 0 Å². The van der Waals surface area contributed by atoms with Crippen LogP contribution in [0.25, 0.3) is 21.3 Å². The van der Waals surface area contributed by atoms with E-state index in [1.165, 1.54) is 16.9 Å². The van der Waals surface area contributed by atoms with E-state index in [9.17, 15) is 4.79 Å². The van der Waals surface area contributed by atoms with Crippen LogP contribution in [0.3, 0.4) is 0 Å². The monoisotopic (exact) mass is 270 g/mol. The lowest BCUT2D eigenvalue weighted by Crippen LogP contribution is -2.18. The number of hydrogen-bond donors (Lipinski definition) is 0. The van der Waals surface area contributed by atoms with E-state index in [-0.39, 0.29) is 5.56 Å². The van der Waals surface area contributed by atoms with Crippen LogP contribution >= 0.6 is 11.3 Å². The summed E-state index contributed by atoms with van der Waals surface area (Å²) in [5, 5.41) is 2.03. The normalized spacial score (nSPS) is 11.1. The maximum atomic E-state index is 12.2. The Labute approximate surface area is 115 Å². The first kappa shape index (κ1) is 12.1. The molecule has 0 aliphatic heterocycles. The molecular formula is C15H14N2OS. The Balaban J connectivity index is 2.31. The first-order valence-electron chi connectivity index (χ1n) is 6.25. The van der Waals surface area contributed by atoms with Crippen molar-refractivity contribution >= 4 is 21.6 Å². The molecule has 0 saturated heterocycles. The summed E-state index contributed by atoms with van der Waals surface area (Å²) < 4.78 is 2.38. The number of fused-ring (bicyclic) bond motifs is 1. The molecule has 4 heteroatoms. The molecular weight excluding hydrogens is 256 g/mol. The van der Waals surface area contributed by atoms with E-state index in [1.807, 2.05) is 24.4 Å². The Morgan fingerprint density at radius 1 is 1.26 bits per heavy atom. The van der Waals surface area contributed by atoms with Gasteiger partial charge in [0, 0.05) is 17.5 Å². The van der Waals surface area contributed by atoms with Crippen molar-refractivity contribution in [2.45, 2.75) is 20.4 Å². The van der Waals surface area contributed by atoms with Crippen LogP contribution in [0, 0.1) is 6.92 Å². The smallest absolute Gasteiger partial charge is 0.271 e. The second-order valence-corrected chi connectivity index (χ2v) is 5.36. The Morgan fingerprint density at radius 3 is 2.79 bits per heavy atom. The molecule has 3 nitrogen and oxygen atoms in total. The second kappa shape index (κ2) is 4.63. The fourth-order valence-electron chi connectivity index (χ4n) is 2.23. The van der Waals surface area contributed by atoms with Crippen LogP contribution in [0.15, 0.2) is 40.8 Å². The van der Waals surface area contributed by atoms with E-state index in [4.69, 9.17) is 0 Å². The molecule has 3 rings (SSSR count). The summed E-state index contributed by atoms with van der Waals surface area (Å²) in [6, 6.07) is 8.18. The average Bonchev–Trinajstić information content (AvgIpc) is 2.84. The zero-order valence-corrected chi connectivity index (χ0v) is 11.7. The predicted octanol–water partition coefficient (Wildman–Crippen LogP) is 3.45. The molecule has 2 aromatic heterocycles. The van der Waals surface area contributed by atoms with Crippen LogP contribution in [0.2, 0.25) is 0 Å². The number of nitrogens with zero attached hydrogens (tertiary/aromatic N) is 2. The van der Waals surface area contributed by atoms with Crippen molar-refractivity contribution in [2.24, 2.45) is 0 Å². The zero-order valence-electron chi connectivity index (χ0n) is 10.9. The maximum Gasteiger partial charge on any atom is 0.271 e. The molecule has 0 N–H and O–H groups in total. The van der Waals surface area contributed by atoms with Gasteiger partial charge in [0.05, 0.1) is 11.8 Å². The quantitative estimate of drug-likeness (QED) is 0.715. The molecule has 0 fully saturated rings. The van der Waals surface area contributed by atoms with Crippen molar-refractivity contribution in [2.75, 3.05) is 0 Å². The molecule has 0 spiro atoms. The van der Waals surface area contributed by atoms with Crippen LogP contribution in [0.4, 0.5) is 0 Å². The fraction of sp³-hybridized carbons (Fsp3) is 0.200. The first-order valence-corrected chi connectivity index (χ1v) is 7.13. The lowest BCUT2D eigenvalue weighted by atomic mass is 10.0. The van der Waals surface area contributed by atoms with Gasteiger partial charge in [-0.1, -0.05) is 24.3 Å². The van der Waals surface area contributed by atoms with E-state index < -0.39 is 0 Å². The van der Waals surface area contributed by atoms with Gasteiger partial charge in [-0.2, -0.15) is 0 Å². The van der Waals surface area contributed by atoms with E-state index in [0.29, 0.717) is 6.54 Å². The van der Waals surface area contributed by atoms with Gasteiger partial charge in [-0.05, 0) is 25.0 Å². The standard InChI is InChI=1S/C15H14N2OS/c1-3-17-9-16-13-12(8-19-14(13)15(17)18)11-7-5-4-6-10(11)2/h4-9H,3H2,1-2H3. The molecule has 0 aliphatic carbocycles. The van der Waals surface area contributed by atoms with Gasteiger partial charge in [-0.3, -0.25) is 9.36 Å². The minimum atomic E-state index is 0.0531. The van der Waals surface area contributed by atoms with E-state index in [1.54, 1.807) is 10.9 Å². The lowest BCUT2D eigenvalue weighted by molar-refractivity contribution is 0.719. The summed E-state index contributed by atoms with van der Waals surface area (Å²) in [6.07, 6.45) is 1.64. The molecule has 0 unspecified atom stereocenters. The number of hydrogen-bond acceptors (Lipinski definition) is 3. The van der Waals surface area contributed by atoms with Crippen molar-refractivity contribution < 1.29 is 0 Å². The van der Waals surface area contributed by atoms with Crippen LogP contribution in [-0.2, 0) is 6.54 Å². The van der Waals surface area contributed by atoms with Gasteiger partial charge in [-0.15, -0.1) is 11.3 Å². The van der Waals surface area contributed by atoms with E-state index >= 15 is 0 Å². The number of rotatable bonds is 2. The minimum absolute atomic E-state index is 0.0531. The van der Waals surface area contributed by atoms with Crippen LogP contribution < -0.4 is 5.56 Å². The molecule has 19 heavy (non-hydrogen) atoms. The summed E-state index contributed by atoms with van der Waals surface area (Å²) >= 11 is 1.48. The summed E-state index contributed by atoms with van der Waals surface area (Å²) in [5.74, 6) is 0. The van der Waals surface area contributed by atoms with Crippen molar-refractivity contribution in [3.8, 4) is 11.1 Å². The highest BCUT2D eigenvalue weighted by Gasteiger charge is 2.12. The third-order valence-corrected chi connectivity index (χ3v) is 4.28. The van der Waals surface area contributed by atoms with E-state index in [0.717, 1.165) is 21.3 Å². The zero-order chi connectivity index (χ0) is 13.4. The number of aryl methyl sites for hydroxylation is 2. The number of thiophene rings is 1. The van der Waals surface area contributed by atoms with Crippen LogP contribution in [0.5, 0.6) is 0 Å². The highest BCUT2D eigenvalue weighted by atomic mass is 32.1. The Morgan fingerprint density at radius 2 is 2.05 bits per heavy atom. The molecule has 0 aliphatic rings. The van der Waals surface area contributed by atoms with Gasteiger partial charge in [0.1, 0.15) is 4.70 Å². The van der Waals surface area contributed by atoms with Gasteiger partial charge in [0.2, 0.25) is 0 Å². The number of aromatic nitrogens is 2. The molecule has 0 saturated carbocycles. The Bertz CT molecular complexity index is 801. The van der Waals surface area contributed by atoms with Crippen LogP contribution in [-0.4, -0.2) is 9.55 Å². The highest BCUT2D eigenvalue weighted by Crippen LogP contribution is 2.32. The molecule has 3 aromatic rings. The average molecular weight is 270 g/mol.